The Labute approximate surface area is 147 Å². The second-order valence-electron chi connectivity index (χ2n) is 5.26. The summed E-state index contributed by atoms with van der Waals surface area (Å²) in [5.74, 6) is 0. The molecule has 1 N–H and O–H groups in total. The van der Waals surface area contributed by atoms with Gasteiger partial charge in [0.05, 0.1) is 0 Å². The van der Waals surface area contributed by atoms with Crippen LogP contribution in [0.4, 0.5) is 0 Å². The Morgan fingerprint density at radius 1 is 1.17 bits per heavy atom. The van der Waals surface area contributed by atoms with Crippen LogP contribution in [0.5, 0.6) is 0 Å². The summed E-state index contributed by atoms with van der Waals surface area (Å²) in [5, 5.41) is 5.53. The number of rotatable bonds is 9. The van der Waals surface area contributed by atoms with Gasteiger partial charge in [0.1, 0.15) is 4.21 Å². The van der Waals surface area contributed by atoms with Gasteiger partial charge in [-0.15, -0.1) is 22.7 Å². The average molecular weight is 373 g/mol. The van der Waals surface area contributed by atoms with E-state index in [1.165, 1.54) is 26.1 Å². The smallest absolute Gasteiger partial charge is 0.252 e. The standard InChI is InChI=1S/C16H24N2O2S3/c1-4-18(5-2)23(19,20)16-7-6-14(22-16)8-10-17-12-15-13(3)9-11-21-15/h6-7,9,11,17H,4-5,8,10,12H2,1-3H3. The molecule has 4 nitrogen and oxygen atoms in total. The zero-order chi connectivity index (χ0) is 16.9. The number of hydrogen-bond donors (Lipinski definition) is 1. The lowest BCUT2D eigenvalue weighted by Gasteiger charge is -2.16. The number of nitrogens with zero attached hydrogens (tertiary/aromatic N) is 1. The van der Waals surface area contributed by atoms with Gasteiger partial charge in [0.2, 0.25) is 0 Å². The molecular formula is C16H24N2O2S3. The molecule has 2 heterocycles. The van der Waals surface area contributed by atoms with Crippen LogP contribution in [0.1, 0.15) is 29.2 Å². The van der Waals surface area contributed by atoms with E-state index < -0.39 is 10.0 Å². The number of nitrogens with one attached hydrogen (secondary N) is 1. The fourth-order valence-corrected chi connectivity index (χ4v) is 6.16. The highest BCUT2D eigenvalue weighted by Gasteiger charge is 2.23. The Bertz CT molecular complexity index is 715. The predicted octanol–water partition coefficient (Wildman–Crippen LogP) is 3.48. The van der Waals surface area contributed by atoms with Gasteiger partial charge in [-0.25, -0.2) is 8.42 Å². The topological polar surface area (TPSA) is 49.4 Å². The Kier molecular flexibility index (Phi) is 6.79. The van der Waals surface area contributed by atoms with Gasteiger partial charge in [0, 0.05) is 35.9 Å². The van der Waals surface area contributed by atoms with Gasteiger partial charge in [0.15, 0.2) is 0 Å². The quantitative estimate of drug-likeness (QED) is 0.686. The van der Waals surface area contributed by atoms with Crippen LogP contribution in [0.15, 0.2) is 27.8 Å². The second kappa shape index (κ2) is 8.39. The van der Waals surface area contributed by atoms with Crippen molar-refractivity contribution in [3.05, 3.63) is 38.9 Å². The summed E-state index contributed by atoms with van der Waals surface area (Å²) >= 11 is 3.15. The molecule has 0 amide bonds. The average Bonchev–Trinajstić information content (AvgIpc) is 3.14. The molecule has 23 heavy (non-hydrogen) atoms. The predicted molar refractivity (Wildman–Crippen MR) is 98.9 cm³/mol. The minimum atomic E-state index is -3.32. The molecule has 0 saturated heterocycles. The van der Waals surface area contributed by atoms with Gasteiger partial charge >= 0.3 is 0 Å². The minimum Gasteiger partial charge on any atom is -0.311 e. The summed E-state index contributed by atoms with van der Waals surface area (Å²) in [4.78, 5) is 2.46. The van der Waals surface area contributed by atoms with E-state index in [1.807, 2.05) is 19.9 Å². The molecule has 0 aliphatic carbocycles. The van der Waals surface area contributed by atoms with Crippen LogP contribution in [0.3, 0.4) is 0 Å². The van der Waals surface area contributed by atoms with E-state index in [1.54, 1.807) is 17.4 Å². The van der Waals surface area contributed by atoms with E-state index in [0.717, 1.165) is 24.4 Å². The molecular weight excluding hydrogens is 348 g/mol. The molecule has 0 atom stereocenters. The van der Waals surface area contributed by atoms with Gasteiger partial charge in [-0.05, 0) is 42.5 Å². The van der Waals surface area contributed by atoms with E-state index in [2.05, 4.69) is 23.7 Å². The summed E-state index contributed by atoms with van der Waals surface area (Å²) in [5.41, 5.74) is 1.33. The molecule has 0 saturated carbocycles. The van der Waals surface area contributed by atoms with Gasteiger partial charge in [-0.3, -0.25) is 0 Å². The van der Waals surface area contributed by atoms with Crippen LogP contribution >= 0.6 is 22.7 Å². The van der Waals surface area contributed by atoms with E-state index in [4.69, 9.17) is 0 Å². The minimum absolute atomic E-state index is 0.449. The highest BCUT2D eigenvalue weighted by Crippen LogP contribution is 2.25. The SMILES string of the molecule is CCN(CC)S(=O)(=O)c1ccc(CCNCc2sccc2C)s1. The molecule has 0 bridgehead atoms. The summed E-state index contributed by atoms with van der Waals surface area (Å²) < 4.78 is 26.9. The zero-order valence-corrected chi connectivity index (χ0v) is 16.3. The molecule has 7 heteroatoms. The first-order chi connectivity index (χ1) is 11.0. The third kappa shape index (κ3) is 4.64. The highest BCUT2D eigenvalue weighted by molar-refractivity contribution is 7.91. The van der Waals surface area contributed by atoms with Crippen molar-refractivity contribution in [2.75, 3.05) is 19.6 Å². The van der Waals surface area contributed by atoms with Crippen molar-refractivity contribution in [1.82, 2.24) is 9.62 Å². The maximum atomic E-state index is 12.5. The Hall–Kier alpha value is -0.730. The first-order valence-corrected chi connectivity index (χ1v) is 10.9. The van der Waals surface area contributed by atoms with Gasteiger partial charge in [0.25, 0.3) is 10.0 Å². The van der Waals surface area contributed by atoms with E-state index in [0.29, 0.717) is 17.3 Å². The maximum Gasteiger partial charge on any atom is 0.252 e. The van der Waals surface area contributed by atoms with Crippen LogP contribution in [-0.4, -0.2) is 32.4 Å². The van der Waals surface area contributed by atoms with Crippen LogP contribution < -0.4 is 5.32 Å². The number of hydrogen-bond acceptors (Lipinski definition) is 5. The van der Waals surface area contributed by atoms with E-state index in [-0.39, 0.29) is 0 Å². The lowest BCUT2D eigenvalue weighted by molar-refractivity contribution is 0.447. The first kappa shape index (κ1) is 18.6. The molecule has 0 fully saturated rings. The van der Waals surface area contributed by atoms with Crippen molar-refractivity contribution in [3.63, 3.8) is 0 Å². The van der Waals surface area contributed by atoms with Gasteiger partial charge in [-0.1, -0.05) is 13.8 Å². The molecule has 0 aromatic carbocycles. The molecule has 2 rings (SSSR count). The van der Waals surface area contributed by atoms with Crippen molar-refractivity contribution in [3.8, 4) is 0 Å². The molecule has 0 aliphatic rings. The largest absolute Gasteiger partial charge is 0.311 e. The second-order valence-corrected chi connectivity index (χ2v) is 9.60. The van der Waals surface area contributed by atoms with Crippen LogP contribution in [0.25, 0.3) is 0 Å². The molecule has 2 aromatic rings. The van der Waals surface area contributed by atoms with Crippen molar-refractivity contribution in [2.24, 2.45) is 0 Å². The Morgan fingerprint density at radius 2 is 1.91 bits per heavy atom. The number of thiophene rings is 2. The number of sulfonamides is 1. The van der Waals surface area contributed by atoms with E-state index in [9.17, 15) is 8.42 Å². The molecule has 2 aromatic heterocycles. The Balaban J connectivity index is 1.89. The maximum absolute atomic E-state index is 12.5. The monoisotopic (exact) mass is 372 g/mol. The van der Waals surface area contributed by atoms with E-state index >= 15 is 0 Å². The summed E-state index contributed by atoms with van der Waals surface area (Å²) in [6.45, 7) is 8.60. The summed E-state index contributed by atoms with van der Waals surface area (Å²) in [6, 6.07) is 5.79. The fourth-order valence-electron chi connectivity index (χ4n) is 2.32. The van der Waals surface area contributed by atoms with Crippen LogP contribution in [-0.2, 0) is 23.0 Å². The van der Waals surface area contributed by atoms with Crippen LogP contribution in [0, 0.1) is 6.92 Å². The highest BCUT2D eigenvalue weighted by atomic mass is 32.2. The third-order valence-corrected chi connectivity index (χ3v) is 8.42. The van der Waals surface area contributed by atoms with Crippen LogP contribution in [0.2, 0.25) is 0 Å². The van der Waals surface area contributed by atoms with Crippen molar-refractivity contribution >= 4 is 32.7 Å². The molecule has 0 radical (unpaired) electrons. The molecule has 0 aliphatic heterocycles. The van der Waals surface area contributed by atoms with Crippen molar-refractivity contribution in [2.45, 2.75) is 37.9 Å². The summed E-state index contributed by atoms with van der Waals surface area (Å²) in [6.07, 6.45) is 0.850. The fraction of sp³-hybridized carbons (Fsp3) is 0.500. The molecule has 0 unspecified atom stereocenters. The lowest BCUT2D eigenvalue weighted by atomic mass is 10.3. The lowest BCUT2D eigenvalue weighted by Crippen LogP contribution is -2.29. The molecule has 0 spiro atoms. The third-order valence-electron chi connectivity index (χ3n) is 3.74. The summed E-state index contributed by atoms with van der Waals surface area (Å²) in [7, 11) is -3.32. The van der Waals surface area contributed by atoms with Crippen molar-refractivity contribution in [1.29, 1.82) is 0 Å². The Morgan fingerprint density at radius 3 is 2.52 bits per heavy atom. The first-order valence-electron chi connectivity index (χ1n) is 7.81. The molecule has 128 valence electrons. The van der Waals surface area contributed by atoms with Gasteiger partial charge in [-0.2, -0.15) is 4.31 Å². The van der Waals surface area contributed by atoms with Gasteiger partial charge < -0.3 is 5.32 Å². The zero-order valence-electron chi connectivity index (χ0n) is 13.8. The van der Waals surface area contributed by atoms with Crippen molar-refractivity contribution < 1.29 is 8.42 Å². The number of aryl methyl sites for hydroxylation is 1. The normalized spacial score (nSPS) is 12.2.